The number of anilines is 2. The van der Waals surface area contributed by atoms with Crippen LogP contribution in [-0.2, 0) is 0 Å². The first-order valence-corrected chi connectivity index (χ1v) is 9.52. The number of nitrogens with one attached hydrogen (secondary N) is 2. The van der Waals surface area contributed by atoms with Gasteiger partial charge in [0.25, 0.3) is 11.8 Å². The Labute approximate surface area is 174 Å². The molecule has 2 amide bonds. The summed E-state index contributed by atoms with van der Waals surface area (Å²) in [5.74, 6) is -0.774. The molecule has 2 N–H and O–H groups in total. The molecule has 2 aromatic carbocycles. The summed E-state index contributed by atoms with van der Waals surface area (Å²) in [6, 6.07) is 19.9. The van der Waals surface area contributed by atoms with Gasteiger partial charge in [-0.25, -0.2) is 4.98 Å². The second-order valence-corrected chi connectivity index (χ2v) is 6.96. The molecule has 0 saturated heterocycles. The van der Waals surface area contributed by atoms with Gasteiger partial charge in [0.2, 0.25) is 0 Å². The zero-order valence-corrected chi connectivity index (χ0v) is 16.6. The number of para-hydroxylation sites is 2. The average Bonchev–Trinajstić information content (AvgIpc) is 2.76. The minimum atomic E-state index is -0.408. The van der Waals surface area contributed by atoms with E-state index < -0.39 is 5.91 Å². The predicted octanol–water partition coefficient (Wildman–Crippen LogP) is 4.75. The van der Waals surface area contributed by atoms with E-state index in [1.807, 2.05) is 56.3 Å². The fraction of sp³-hybridized carbons (Fsp3) is 0.0833. The molecule has 4 aromatic rings. The molecule has 0 fully saturated rings. The normalized spacial score (nSPS) is 10.6. The highest BCUT2D eigenvalue weighted by molar-refractivity contribution is 6.09. The maximum atomic E-state index is 12.8. The molecule has 0 radical (unpaired) electrons. The smallest absolute Gasteiger partial charge is 0.274 e. The van der Waals surface area contributed by atoms with Crippen molar-refractivity contribution in [2.45, 2.75) is 13.8 Å². The standard InChI is InChI=1S/C24H20N4O2/c1-15-7-3-8-16(2)21(15)28-24(30)20-13-5-12-19(26-20)23(29)27-18-11-4-9-17-10-6-14-25-22(17)18/h3-14H,1-2H3,(H,27,29)(H,28,30). The Morgan fingerprint density at radius 1 is 0.733 bits per heavy atom. The van der Waals surface area contributed by atoms with Crippen LogP contribution in [0.4, 0.5) is 11.4 Å². The Morgan fingerprint density at radius 2 is 1.33 bits per heavy atom. The van der Waals surface area contributed by atoms with E-state index in [-0.39, 0.29) is 17.3 Å². The van der Waals surface area contributed by atoms with Crippen molar-refractivity contribution in [1.29, 1.82) is 0 Å². The van der Waals surface area contributed by atoms with Gasteiger partial charge in [-0.2, -0.15) is 0 Å². The van der Waals surface area contributed by atoms with Crippen molar-refractivity contribution in [3.05, 3.63) is 95.4 Å². The number of carbonyl (C=O) groups is 2. The number of aryl methyl sites for hydroxylation is 2. The summed E-state index contributed by atoms with van der Waals surface area (Å²) >= 11 is 0. The van der Waals surface area contributed by atoms with Crippen molar-refractivity contribution < 1.29 is 9.59 Å². The van der Waals surface area contributed by atoms with Crippen molar-refractivity contribution >= 4 is 34.1 Å². The monoisotopic (exact) mass is 396 g/mol. The van der Waals surface area contributed by atoms with Crippen molar-refractivity contribution in [2.24, 2.45) is 0 Å². The van der Waals surface area contributed by atoms with Gasteiger partial charge in [0.1, 0.15) is 11.4 Å². The number of amides is 2. The fourth-order valence-electron chi connectivity index (χ4n) is 3.27. The summed E-state index contributed by atoms with van der Waals surface area (Å²) in [5.41, 5.74) is 4.27. The van der Waals surface area contributed by atoms with Crippen LogP contribution in [0.2, 0.25) is 0 Å². The minimum absolute atomic E-state index is 0.150. The van der Waals surface area contributed by atoms with E-state index in [0.29, 0.717) is 11.2 Å². The first-order chi connectivity index (χ1) is 14.5. The molecular weight excluding hydrogens is 376 g/mol. The zero-order chi connectivity index (χ0) is 21.1. The molecular formula is C24H20N4O2. The molecule has 2 aromatic heterocycles. The third-order valence-electron chi connectivity index (χ3n) is 4.81. The zero-order valence-electron chi connectivity index (χ0n) is 16.6. The van der Waals surface area contributed by atoms with Crippen molar-refractivity contribution in [2.75, 3.05) is 10.6 Å². The molecule has 0 aliphatic heterocycles. The van der Waals surface area contributed by atoms with E-state index in [1.165, 1.54) is 0 Å². The number of carbonyl (C=O) groups excluding carboxylic acids is 2. The van der Waals surface area contributed by atoms with Gasteiger partial charge in [-0.05, 0) is 49.2 Å². The van der Waals surface area contributed by atoms with Gasteiger partial charge >= 0.3 is 0 Å². The highest BCUT2D eigenvalue weighted by Crippen LogP contribution is 2.22. The van der Waals surface area contributed by atoms with Gasteiger partial charge in [0, 0.05) is 17.3 Å². The number of pyridine rings is 2. The number of hydrogen-bond acceptors (Lipinski definition) is 4. The number of hydrogen-bond donors (Lipinski definition) is 2. The van der Waals surface area contributed by atoms with Crippen LogP contribution in [0.3, 0.4) is 0 Å². The highest BCUT2D eigenvalue weighted by Gasteiger charge is 2.15. The van der Waals surface area contributed by atoms with Crippen LogP contribution in [0.25, 0.3) is 10.9 Å². The summed E-state index contributed by atoms with van der Waals surface area (Å²) in [7, 11) is 0. The summed E-state index contributed by atoms with van der Waals surface area (Å²) in [5, 5.41) is 6.65. The highest BCUT2D eigenvalue weighted by atomic mass is 16.2. The van der Waals surface area contributed by atoms with Gasteiger partial charge < -0.3 is 10.6 Å². The molecule has 6 heteroatoms. The van der Waals surface area contributed by atoms with E-state index in [1.54, 1.807) is 30.5 Å². The Balaban J connectivity index is 1.57. The topological polar surface area (TPSA) is 84.0 Å². The molecule has 0 aliphatic rings. The summed E-state index contributed by atoms with van der Waals surface area (Å²) < 4.78 is 0. The Kier molecular flexibility index (Phi) is 5.22. The first-order valence-electron chi connectivity index (χ1n) is 9.52. The lowest BCUT2D eigenvalue weighted by Gasteiger charge is -2.12. The van der Waals surface area contributed by atoms with Crippen molar-refractivity contribution in [1.82, 2.24) is 9.97 Å². The number of fused-ring (bicyclic) bond motifs is 1. The lowest BCUT2D eigenvalue weighted by molar-refractivity contribution is 0.101. The van der Waals surface area contributed by atoms with E-state index in [4.69, 9.17) is 0 Å². The van der Waals surface area contributed by atoms with Gasteiger partial charge in [0.05, 0.1) is 11.2 Å². The lowest BCUT2D eigenvalue weighted by atomic mass is 10.1. The predicted molar refractivity (Wildman–Crippen MR) is 118 cm³/mol. The molecule has 2 heterocycles. The van der Waals surface area contributed by atoms with Crippen molar-refractivity contribution in [3.63, 3.8) is 0 Å². The van der Waals surface area contributed by atoms with Crippen molar-refractivity contribution in [3.8, 4) is 0 Å². The number of rotatable bonds is 4. The minimum Gasteiger partial charge on any atom is -0.320 e. The summed E-state index contributed by atoms with van der Waals surface area (Å²) in [4.78, 5) is 34.1. The molecule has 6 nitrogen and oxygen atoms in total. The SMILES string of the molecule is Cc1cccc(C)c1NC(=O)c1cccc(C(=O)Nc2cccc3cccnc23)n1. The van der Waals surface area contributed by atoms with E-state index >= 15 is 0 Å². The Bertz CT molecular complexity index is 1240. The van der Waals surface area contributed by atoms with Crippen LogP contribution in [0, 0.1) is 13.8 Å². The second kappa shape index (κ2) is 8.13. The number of aromatic nitrogens is 2. The van der Waals surface area contributed by atoms with E-state index in [9.17, 15) is 9.59 Å². The van der Waals surface area contributed by atoms with E-state index in [0.717, 1.165) is 22.2 Å². The second-order valence-electron chi connectivity index (χ2n) is 6.96. The molecule has 0 saturated carbocycles. The average molecular weight is 396 g/mol. The Hall–Kier alpha value is -4.06. The van der Waals surface area contributed by atoms with E-state index in [2.05, 4.69) is 20.6 Å². The molecule has 0 spiro atoms. The lowest BCUT2D eigenvalue weighted by Crippen LogP contribution is -2.19. The van der Waals surface area contributed by atoms with Gasteiger partial charge in [-0.15, -0.1) is 0 Å². The first kappa shape index (κ1) is 19.3. The molecule has 30 heavy (non-hydrogen) atoms. The van der Waals surface area contributed by atoms with Crippen LogP contribution >= 0.6 is 0 Å². The quantitative estimate of drug-likeness (QED) is 0.521. The third kappa shape index (κ3) is 3.89. The van der Waals surface area contributed by atoms with Crippen LogP contribution in [0.15, 0.2) is 72.9 Å². The third-order valence-corrected chi connectivity index (χ3v) is 4.81. The molecule has 0 unspecified atom stereocenters. The fourth-order valence-corrected chi connectivity index (χ4v) is 3.27. The number of benzene rings is 2. The number of nitrogens with zero attached hydrogens (tertiary/aromatic N) is 2. The maximum Gasteiger partial charge on any atom is 0.274 e. The molecule has 0 atom stereocenters. The molecule has 0 bridgehead atoms. The molecule has 0 aliphatic carbocycles. The van der Waals surface area contributed by atoms with Crippen LogP contribution in [-0.4, -0.2) is 21.8 Å². The summed E-state index contributed by atoms with van der Waals surface area (Å²) in [6.45, 7) is 3.86. The van der Waals surface area contributed by atoms with Crippen LogP contribution < -0.4 is 10.6 Å². The summed E-state index contributed by atoms with van der Waals surface area (Å²) in [6.07, 6.45) is 1.68. The van der Waals surface area contributed by atoms with Gasteiger partial charge in [-0.1, -0.05) is 42.5 Å². The Morgan fingerprint density at radius 3 is 2.07 bits per heavy atom. The van der Waals surface area contributed by atoms with Crippen LogP contribution in [0.1, 0.15) is 32.1 Å². The maximum absolute atomic E-state index is 12.8. The van der Waals surface area contributed by atoms with Gasteiger partial charge in [-0.3, -0.25) is 14.6 Å². The van der Waals surface area contributed by atoms with Crippen LogP contribution in [0.5, 0.6) is 0 Å². The molecule has 4 rings (SSSR count). The largest absolute Gasteiger partial charge is 0.320 e. The van der Waals surface area contributed by atoms with Gasteiger partial charge in [0.15, 0.2) is 0 Å². The molecule has 148 valence electrons.